The summed E-state index contributed by atoms with van der Waals surface area (Å²) in [7, 11) is 0. The van der Waals surface area contributed by atoms with Crippen LogP contribution in [-0.2, 0) is 15.9 Å². The lowest BCUT2D eigenvalue weighted by Crippen LogP contribution is -2.17. The summed E-state index contributed by atoms with van der Waals surface area (Å²) in [5.74, 6) is -0.632. The summed E-state index contributed by atoms with van der Waals surface area (Å²) in [5, 5.41) is 8.17. The zero-order valence-electron chi connectivity index (χ0n) is 8.46. The van der Waals surface area contributed by atoms with Crippen molar-refractivity contribution in [2.75, 3.05) is 12.3 Å². The van der Waals surface area contributed by atoms with Crippen molar-refractivity contribution in [2.24, 2.45) is 11.5 Å². The molecule has 0 spiro atoms. The van der Waals surface area contributed by atoms with Gasteiger partial charge in [-0.25, -0.2) is 4.21 Å². The van der Waals surface area contributed by atoms with E-state index in [1.165, 1.54) is 0 Å². The first-order chi connectivity index (χ1) is 6.93. The molecule has 0 aliphatic carbocycles. The lowest BCUT2D eigenvalue weighted by Gasteiger charge is -2.00. The Labute approximate surface area is 91.6 Å². The molecular formula is C8H18N2O4S. The molecular weight excluding hydrogens is 220 g/mol. The minimum absolute atomic E-state index is 0.118. The fourth-order valence-corrected chi connectivity index (χ4v) is 0.710. The number of rotatable bonds is 6. The maximum absolute atomic E-state index is 9.93. The van der Waals surface area contributed by atoms with Gasteiger partial charge in [0.2, 0.25) is 0 Å². The number of carbonyl (C=O) groups is 1. The van der Waals surface area contributed by atoms with Crippen LogP contribution in [0.1, 0.15) is 12.8 Å². The van der Waals surface area contributed by atoms with Crippen LogP contribution in [-0.4, -0.2) is 38.2 Å². The molecule has 0 aromatic rings. The van der Waals surface area contributed by atoms with Gasteiger partial charge in [0.15, 0.2) is 11.1 Å². The Morgan fingerprint density at radius 2 is 2.13 bits per heavy atom. The van der Waals surface area contributed by atoms with Crippen LogP contribution >= 0.6 is 0 Å². The first-order valence-electron chi connectivity index (χ1n) is 4.31. The third kappa shape index (κ3) is 19.6. The van der Waals surface area contributed by atoms with E-state index in [1.807, 2.05) is 0 Å². The van der Waals surface area contributed by atoms with Crippen molar-refractivity contribution in [2.45, 2.75) is 18.9 Å². The maximum atomic E-state index is 9.93. The van der Waals surface area contributed by atoms with Crippen molar-refractivity contribution in [1.82, 2.24) is 0 Å². The Bertz CT molecular complexity index is 211. The van der Waals surface area contributed by atoms with Crippen LogP contribution in [0.5, 0.6) is 0 Å². The Kier molecular flexibility index (Phi) is 12.6. The fraction of sp³-hybridized carbons (Fsp3) is 0.625. The second-order valence-electron chi connectivity index (χ2n) is 2.65. The predicted molar refractivity (Wildman–Crippen MR) is 59.7 cm³/mol. The maximum Gasteiger partial charge on any atom is 0.303 e. The van der Waals surface area contributed by atoms with Crippen molar-refractivity contribution in [3.05, 3.63) is 12.7 Å². The van der Waals surface area contributed by atoms with E-state index in [2.05, 4.69) is 6.58 Å². The van der Waals surface area contributed by atoms with Gasteiger partial charge in [0.1, 0.15) is 0 Å². The third-order valence-electron chi connectivity index (χ3n) is 1.29. The summed E-state index contributed by atoms with van der Waals surface area (Å²) >= 11 is -1.69. The van der Waals surface area contributed by atoms with Gasteiger partial charge in [-0.2, -0.15) is 0 Å². The highest BCUT2D eigenvalue weighted by atomic mass is 32.2. The Morgan fingerprint density at radius 1 is 1.60 bits per heavy atom. The molecule has 2 unspecified atom stereocenters. The summed E-state index contributed by atoms with van der Waals surface area (Å²) in [6.45, 7) is 3.70. The molecule has 0 fully saturated rings. The topological polar surface area (TPSA) is 127 Å². The molecule has 0 saturated carbocycles. The molecule has 0 heterocycles. The van der Waals surface area contributed by atoms with Crippen LogP contribution in [0.25, 0.3) is 0 Å². The zero-order valence-corrected chi connectivity index (χ0v) is 9.28. The van der Waals surface area contributed by atoms with Crippen molar-refractivity contribution >= 4 is 17.0 Å². The number of aliphatic carboxylic acids is 1. The van der Waals surface area contributed by atoms with Crippen LogP contribution in [0.15, 0.2) is 12.7 Å². The molecule has 0 saturated heterocycles. The van der Waals surface area contributed by atoms with E-state index in [4.69, 9.17) is 21.1 Å². The van der Waals surface area contributed by atoms with Gasteiger partial charge in [-0.15, -0.1) is 6.58 Å². The molecule has 0 aliphatic heterocycles. The average Bonchev–Trinajstić information content (AvgIpc) is 2.14. The Balaban J connectivity index is 0. The number of carboxylic acids is 1. The molecule has 2 atom stereocenters. The number of carboxylic acid groups (broad SMARTS) is 1. The second kappa shape index (κ2) is 11.3. The third-order valence-corrected chi connectivity index (χ3v) is 1.87. The summed E-state index contributed by atoms with van der Waals surface area (Å²) in [6, 6.07) is -0.180. The summed E-state index contributed by atoms with van der Waals surface area (Å²) in [4.78, 5) is 9.93. The first kappa shape index (κ1) is 16.7. The summed E-state index contributed by atoms with van der Waals surface area (Å²) < 4.78 is 17.6. The van der Waals surface area contributed by atoms with Crippen LogP contribution in [0.2, 0.25) is 0 Å². The molecule has 0 bridgehead atoms. The van der Waals surface area contributed by atoms with Crippen LogP contribution < -0.4 is 11.5 Å². The molecule has 6 nitrogen and oxygen atoms in total. The molecule has 0 aromatic heterocycles. The second-order valence-corrected chi connectivity index (χ2v) is 3.70. The average molecular weight is 238 g/mol. The molecule has 0 aliphatic rings. The lowest BCUT2D eigenvalue weighted by molar-refractivity contribution is -0.137. The van der Waals surface area contributed by atoms with Crippen LogP contribution in [0.3, 0.4) is 0 Å². The zero-order chi connectivity index (χ0) is 12.3. The van der Waals surface area contributed by atoms with E-state index in [1.54, 1.807) is 6.08 Å². The molecule has 0 aromatic carbocycles. The van der Waals surface area contributed by atoms with Gasteiger partial charge in [-0.3, -0.25) is 4.79 Å². The van der Waals surface area contributed by atoms with Crippen molar-refractivity contribution in [1.29, 1.82) is 0 Å². The Morgan fingerprint density at radius 3 is 2.33 bits per heavy atom. The lowest BCUT2D eigenvalue weighted by atomic mass is 10.2. The number of hydrogen-bond donors (Lipinski definition) is 4. The summed E-state index contributed by atoms with van der Waals surface area (Å²) in [5.41, 5.74) is 10.2. The van der Waals surface area contributed by atoms with E-state index in [0.717, 1.165) is 0 Å². The van der Waals surface area contributed by atoms with E-state index >= 15 is 0 Å². The Hall–Kier alpha value is -0.760. The SMILES string of the molecule is C=CC(N)CCC(=O)O.NCCS(=O)O. The molecule has 0 rings (SSSR count). The molecule has 15 heavy (non-hydrogen) atoms. The highest BCUT2D eigenvalue weighted by molar-refractivity contribution is 7.79. The van der Waals surface area contributed by atoms with Gasteiger partial charge in [0.25, 0.3) is 0 Å². The highest BCUT2D eigenvalue weighted by Gasteiger charge is 1.99. The minimum Gasteiger partial charge on any atom is -0.481 e. The van der Waals surface area contributed by atoms with E-state index in [0.29, 0.717) is 6.42 Å². The predicted octanol–water partition coefficient (Wildman–Crippen LogP) is -0.469. The monoisotopic (exact) mass is 238 g/mol. The normalized spacial score (nSPS) is 13.3. The van der Waals surface area contributed by atoms with Gasteiger partial charge >= 0.3 is 5.97 Å². The van der Waals surface area contributed by atoms with E-state index in [9.17, 15) is 9.00 Å². The highest BCUT2D eigenvalue weighted by Crippen LogP contribution is 1.93. The standard InChI is InChI=1S/C6H11NO2.C2H7NO2S/c1-2-5(7)3-4-6(8)9;3-1-2-6(4)5/h2,5H,1,3-4,7H2,(H,8,9);1-3H2,(H,4,5). The van der Waals surface area contributed by atoms with Crippen molar-refractivity contribution < 1.29 is 18.7 Å². The molecule has 6 N–H and O–H groups in total. The first-order valence-corrected chi connectivity index (χ1v) is 5.59. The number of hydrogen-bond acceptors (Lipinski definition) is 4. The molecule has 0 radical (unpaired) electrons. The van der Waals surface area contributed by atoms with Gasteiger partial charge < -0.3 is 21.1 Å². The van der Waals surface area contributed by atoms with Crippen molar-refractivity contribution in [3.63, 3.8) is 0 Å². The minimum atomic E-state index is -1.69. The van der Waals surface area contributed by atoms with Gasteiger partial charge in [-0.05, 0) is 6.42 Å². The molecule has 7 heteroatoms. The quantitative estimate of drug-likeness (QED) is 0.366. The van der Waals surface area contributed by atoms with Crippen LogP contribution in [0, 0.1) is 0 Å². The molecule has 90 valence electrons. The summed E-state index contributed by atoms with van der Waals surface area (Å²) in [6.07, 6.45) is 2.13. The van der Waals surface area contributed by atoms with Crippen molar-refractivity contribution in [3.8, 4) is 0 Å². The van der Waals surface area contributed by atoms with Crippen LogP contribution in [0.4, 0.5) is 0 Å². The largest absolute Gasteiger partial charge is 0.481 e. The number of nitrogens with two attached hydrogens (primary N) is 2. The van der Waals surface area contributed by atoms with Gasteiger partial charge in [0.05, 0.1) is 5.75 Å². The van der Waals surface area contributed by atoms with Gasteiger partial charge in [0, 0.05) is 19.0 Å². The smallest absolute Gasteiger partial charge is 0.303 e. The van der Waals surface area contributed by atoms with E-state index < -0.39 is 17.0 Å². The van der Waals surface area contributed by atoms with E-state index in [-0.39, 0.29) is 24.8 Å². The molecule has 0 amide bonds. The van der Waals surface area contributed by atoms with Gasteiger partial charge in [-0.1, -0.05) is 6.08 Å². The fourth-order valence-electron chi connectivity index (χ4n) is 0.509.